The van der Waals surface area contributed by atoms with Crippen LogP contribution in [-0.2, 0) is 16.1 Å². The molecule has 0 aliphatic rings. The van der Waals surface area contributed by atoms with Crippen molar-refractivity contribution in [2.45, 2.75) is 13.5 Å². The van der Waals surface area contributed by atoms with E-state index in [0.29, 0.717) is 22.9 Å². The fourth-order valence-corrected chi connectivity index (χ4v) is 2.33. The molecule has 0 aliphatic carbocycles. The van der Waals surface area contributed by atoms with Gasteiger partial charge in [-0.2, -0.15) is 0 Å². The third-order valence-corrected chi connectivity index (χ3v) is 3.78. The van der Waals surface area contributed by atoms with E-state index in [1.165, 1.54) is 24.3 Å². The van der Waals surface area contributed by atoms with E-state index in [1.807, 2.05) is 30.3 Å². The van der Waals surface area contributed by atoms with Gasteiger partial charge in [0.05, 0.1) is 4.92 Å². The van der Waals surface area contributed by atoms with E-state index in [-0.39, 0.29) is 12.3 Å². The van der Waals surface area contributed by atoms with Gasteiger partial charge in [0, 0.05) is 23.8 Å². The average Bonchev–Trinajstić information content (AvgIpc) is 3.06. The van der Waals surface area contributed by atoms with Crippen molar-refractivity contribution in [3.05, 3.63) is 87.8 Å². The van der Waals surface area contributed by atoms with E-state index in [1.54, 1.807) is 19.1 Å². The Hall–Kier alpha value is -3.74. The molecule has 27 heavy (non-hydrogen) atoms. The number of ether oxygens (including phenoxy) is 1. The first kappa shape index (κ1) is 18.1. The van der Waals surface area contributed by atoms with Crippen LogP contribution in [0.1, 0.15) is 17.0 Å². The second kappa shape index (κ2) is 8.09. The predicted molar refractivity (Wildman–Crippen MR) is 98.6 cm³/mol. The number of rotatable bonds is 6. The number of carbonyl (C=O) groups excluding carboxylic acids is 1. The number of non-ortho nitro benzene ring substituents is 1. The highest BCUT2D eigenvalue weighted by Crippen LogP contribution is 2.21. The Morgan fingerprint density at radius 2 is 1.89 bits per heavy atom. The Labute approximate surface area is 155 Å². The molecule has 0 fully saturated rings. The zero-order chi connectivity index (χ0) is 19.2. The van der Waals surface area contributed by atoms with Crippen LogP contribution in [0.5, 0.6) is 0 Å². The fourth-order valence-electron chi connectivity index (χ4n) is 2.33. The highest BCUT2D eigenvalue weighted by molar-refractivity contribution is 5.87. The predicted octanol–water partition coefficient (Wildman–Crippen LogP) is 4.31. The van der Waals surface area contributed by atoms with E-state index in [4.69, 9.17) is 9.15 Å². The lowest BCUT2D eigenvalue weighted by molar-refractivity contribution is -0.384. The molecule has 0 N–H and O–H groups in total. The highest BCUT2D eigenvalue weighted by atomic mass is 16.6. The Balaban J connectivity index is 1.59. The monoisotopic (exact) mass is 364 g/mol. The van der Waals surface area contributed by atoms with Crippen LogP contribution in [0.2, 0.25) is 0 Å². The van der Waals surface area contributed by atoms with Crippen LogP contribution in [0.3, 0.4) is 0 Å². The number of oxazole rings is 1. The summed E-state index contributed by atoms with van der Waals surface area (Å²) in [5, 5.41) is 10.6. The highest BCUT2D eigenvalue weighted by Gasteiger charge is 2.12. The molecule has 1 heterocycles. The van der Waals surface area contributed by atoms with Crippen LogP contribution >= 0.6 is 0 Å². The molecule has 0 atom stereocenters. The number of nitro benzene ring substituents is 1. The van der Waals surface area contributed by atoms with Crippen LogP contribution < -0.4 is 0 Å². The van der Waals surface area contributed by atoms with Crippen molar-refractivity contribution >= 4 is 17.7 Å². The molecule has 0 radical (unpaired) electrons. The van der Waals surface area contributed by atoms with E-state index in [9.17, 15) is 14.9 Å². The number of hydrogen-bond acceptors (Lipinski definition) is 6. The first-order valence-electron chi connectivity index (χ1n) is 8.14. The molecule has 0 saturated carbocycles. The normalized spacial score (nSPS) is 10.9. The van der Waals surface area contributed by atoms with Gasteiger partial charge in [0.1, 0.15) is 18.1 Å². The summed E-state index contributed by atoms with van der Waals surface area (Å²) in [6.07, 6.45) is 2.78. The third kappa shape index (κ3) is 4.66. The van der Waals surface area contributed by atoms with Gasteiger partial charge in [0.2, 0.25) is 5.89 Å². The number of nitro groups is 1. The van der Waals surface area contributed by atoms with Gasteiger partial charge < -0.3 is 9.15 Å². The molecule has 0 saturated heterocycles. The molecule has 0 bridgehead atoms. The first-order chi connectivity index (χ1) is 13.0. The molecule has 0 amide bonds. The van der Waals surface area contributed by atoms with Gasteiger partial charge in [-0.3, -0.25) is 10.1 Å². The SMILES string of the molecule is Cc1oc(-c2ccccc2)nc1COC(=O)/C=C/c1ccc([N+](=O)[O-])cc1. The summed E-state index contributed by atoms with van der Waals surface area (Å²) in [4.78, 5) is 26.4. The summed E-state index contributed by atoms with van der Waals surface area (Å²) in [7, 11) is 0. The summed E-state index contributed by atoms with van der Waals surface area (Å²) >= 11 is 0. The minimum Gasteiger partial charge on any atom is -0.456 e. The largest absolute Gasteiger partial charge is 0.456 e. The van der Waals surface area contributed by atoms with Gasteiger partial charge >= 0.3 is 5.97 Å². The second-order valence-electron chi connectivity index (χ2n) is 5.68. The summed E-state index contributed by atoms with van der Waals surface area (Å²) in [5.41, 5.74) is 2.04. The summed E-state index contributed by atoms with van der Waals surface area (Å²) in [6, 6.07) is 15.3. The summed E-state index contributed by atoms with van der Waals surface area (Å²) < 4.78 is 10.8. The van der Waals surface area contributed by atoms with Crippen LogP contribution in [0, 0.1) is 17.0 Å². The Bertz CT molecular complexity index is 975. The van der Waals surface area contributed by atoms with Crippen molar-refractivity contribution in [3.63, 3.8) is 0 Å². The smallest absolute Gasteiger partial charge is 0.331 e. The maximum Gasteiger partial charge on any atom is 0.331 e. The Kier molecular flexibility index (Phi) is 5.41. The Morgan fingerprint density at radius 1 is 1.19 bits per heavy atom. The van der Waals surface area contributed by atoms with Gasteiger partial charge in [-0.25, -0.2) is 9.78 Å². The molecule has 0 spiro atoms. The van der Waals surface area contributed by atoms with Crippen LogP contribution in [0.25, 0.3) is 17.5 Å². The van der Waals surface area contributed by atoms with E-state index in [2.05, 4.69) is 4.98 Å². The number of benzene rings is 2. The molecule has 1 aromatic heterocycles. The van der Waals surface area contributed by atoms with Crippen LogP contribution in [-0.4, -0.2) is 15.9 Å². The molecule has 2 aromatic carbocycles. The standard InChI is InChI=1S/C20H16N2O5/c1-14-18(21-20(27-14)16-5-3-2-4-6-16)13-26-19(23)12-9-15-7-10-17(11-8-15)22(24)25/h2-12H,13H2,1H3/b12-9+. The van der Waals surface area contributed by atoms with Gasteiger partial charge in [-0.15, -0.1) is 0 Å². The lowest BCUT2D eigenvalue weighted by Gasteiger charge is -1.99. The zero-order valence-electron chi connectivity index (χ0n) is 14.5. The third-order valence-electron chi connectivity index (χ3n) is 3.78. The maximum atomic E-state index is 11.9. The molecule has 0 unspecified atom stereocenters. The number of aromatic nitrogens is 1. The first-order valence-corrected chi connectivity index (χ1v) is 8.14. The topological polar surface area (TPSA) is 95.5 Å². The minimum atomic E-state index is -0.544. The molecule has 3 aromatic rings. The van der Waals surface area contributed by atoms with E-state index in [0.717, 1.165) is 5.56 Å². The molecule has 3 rings (SSSR count). The molecule has 7 nitrogen and oxygen atoms in total. The van der Waals surface area contributed by atoms with Crippen molar-refractivity contribution in [2.75, 3.05) is 0 Å². The number of nitrogens with zero attached hydrogens (tertiary/aromatic N) is 2. The van der Waals surface area contributed by atoms with E-state index < -0.39 is 10.9 Å². The lowest BCUT2D eigenvalue weighted by atomic mass is 10.2. The van der Waals surface area contributed by atoms with Crippen molar-refractivity contribution in [1.29, 1.82) is 0 Å². The van der Waals surface area contributed by atoms with Gasteiger partial charge in [0.25, 0.3) is 5.69 Å². The average molecular weight is 364 g/mol. The molecule has 136 valence electrons. The van der Waals surface area contributed by atoms with Crippen molar-refractivity contribution < 1.29 is 18.9 Å². The lowest BCUT2D eigenvalue weighted by Crippen LogP contribution is -2.02. The van der Waals surface area contributed by atoms with Crippen molar-refractivity contribution in [2.24, 2.45) is 0 Å². The number of esters is 1. The van der Waals surface area contributed by atoms with E-state index >= 15 is 0 Å². The maximum absolute atomic E-state index is 11.9. The quantitative estimate of drug-likeness (QED) is 0.280. The fraction of sp³-hybridized carbons (Fsp3) is 0.100. The molecular formula is C20H16N2O5. The second-order valence-corrected chi connectivity index (χ2v) is 5.68. The molecule has 0 aliphatic heterocycles. The number of hydrogen-bond donors (Lipinski definition) is 0. The van der Waals surface area contributed by atoms with Crippen molar-refractivity contribution in [1.82, 2.24) is 4.98 Å². The Morgan fingerprint density at radius 3 is 2.56 bits per heavy atom. The van der Waals surface area contributed by atoms with Gasteiger partial charge in [0.15, 0.2) is 0 Å². The summed E-state index contributed by atoms with van der Waals surface area (Å²) in [5.74, 6) is 0.513. The minimum absolute atomic E-state index is 0.00833. The van der Waals surface area contributed by atoms with Gasteiger partial charge in [-0.05, 0) is 42.8 Å². The van der Waals surface area contributed by atoms with Crippen LogP contribution in [0.15, 0.2) is 65.1 Å². The van der Waals surface area contributed by atoms with Crippen molar-refractivity contribution in [3.8, 4) is 11.5 Å². The molecular weight excluding hydrogens is 348 g/mol. The number of aryl methyl sites for hydroxylation is 1. The zero-order valence-corrected chi connectivity index (χ0v) is 14.5. The molecule has 7 heteroatoms. The van der Waals surface area contributed by atoms with Gasteiger partial charge in [-0.1, -0.05) is 18.2 Å². The summed E-state index contributed by atoms with van der Waals surface area (Å²) in [6.45, 7) is 1.75. The van der Waals surface area contributed by atoms with Crippen LogP contribution in [0.4, 0.5) is 5.69 Å². The number of carbonyl (C=O) groups is 1.